The predicted molar refractivity (Wildman–Crippen MR) is 92.1 cm³/mol. The molecule has 0 atom stereocenters. The Balaban J connectivity index is 1.52. The van der Waals surface area contributed by atoms with E-state index in [0.29, 0.717) is 16.9 Å². The summed E-state index contributed by atoms with van der Waals surface area (Å²) >= 11 is 1.30. The van der Waals surface area contributed by atoms with Crippen molar-refractivity contribution in [3.8, 4) is 11.5 Å². The van der Waals surface area contributed by atoms with E-state index in [9.17, 15) is 8.42 Å². The second-order valence-electron chi connectivity index (χ2n) is 4.80. The molecule has 0 amide bonds. The summed E-state index contributed by atoms with van der Waals surface area (Å²) < 4.78 is 32.2. The van der Waals surface area contributed by atoms with Crippen LogP contribution in [-0.2, 0) is 10.0 Å². The summed E-state index contributed by atoms with van der Waals surface area (Å²) in [5.74, 6) is 0.936. The Kier molecular flexibility index (Phi) is 5.29. The average molecular weight is 361 g/mol. The van der Waals surface area contributed by atoms with Gasteiger partial charge in [-0.2, -0.15) is 0 Å². The highest BCUT2D eigenvalue weighted by molar-refractivity contribution is 7.99. The fourth-order valence-electron chi connectivity index (χ4n) is 1.96. The van der Waals surface area contributed by atoms with Crippen LogP contribution in [0.15, 0.2) is 75.2 Å². The molecule has 2 aromatic carbocycles. The standard InChI is InChI=1S/C16H15N3O3S2/c20-24(21,14-9-5-2-6-10-14)17-11-12-23-16-19-18-15(22-16)13-7-3-1-4-8-13/h1-10,17H,11-12H2. The van der Waals surface area contributed by atoms with Gasteiger partial charge in [0.2, 0.25) is 15.9 Å². The molecule has 24 heavy (non-hydrogen) atoms. The van der Waals surface area contributed by atoms with Gasteiger partial charge in [0.05, 0.1) is 4.90 Å². The zero-order chi connectivity index (χ0) is 16.8. The lowest BCUT2D eigenvalue weighted by Gasteiger charge is -2.05. The molecule has 0 spiro atoms. The highest BCUT2D eigenvalue weighted by Crippen LogP contribution is 2.22. The molecule has 3 aromatic rings. The second-order valence-corrected chi connectivity index (χ2v) is 7.61. The fraction of sp³-hybridized carbons (Fsp3) is 0.125. The van der Waals surface area contributed by atoms with Gasteiger partial charge < -0.3 is 4.42 Å². The predicted octanol–water partition coefficient (Wildman–Crippen LogP) is 2.81. The van der Waals surface area contributed by atoms with Crippen LogP contribution in [0.5, 0.6) is 0 Å². The van der Waals surface area contributed by atoms with Gasteiger partial charge in [-0.15, -0.1) is 10.2 Å². The maximum Gasteiger partial charge on any atom is 0.276 e. The Morgan fingerprint density at radius 3 is 2.33 bits per heavy atom. The van der Waals surface area contributed by atoms with Gasteiger partial charge in [-0.3, -0.25) is 0 Å². The van der Waals surface area contributed by atoms with Gasteiger partial charge in [0.1, 0.15) is 0 Å². The lowest BCUT2D eigenvalue weighted by Crippen LogP contribution is -2.25. The minimum atomic E-state index is -3.48. The first-order valence-corrected chi connectivity index (χ1v) is 9.68. The second kappa shape index (κ2) is 7.61. The number of thioether (sulfide) groups is 1. The van der Waals surface area contributed by atoms with Crippen LogP contribution in [0.4, 0.5) is 0 Å². The fourth-order valence-corrected chi connectivity index (χ4v) is 3.76. The van der Waals surface area contributed by atoms with Gasteiger partial charge in [0.15, 0.2) is 0 Å². The molecule has 0 radical (unpaired) electrons. The first-order chi connectivity index (χ1) is 11.6. The number of nitrogens with one attached hydrogen (secondary N) is 1. The highest BCUT2D eigenvalue weighted by atomic mass is 32.2. The zero-order valence-corrected chi connectivity index (χ0v) is 14.3. The topological polar surface area (TPSA) is 85.1 Å². The molecule has 0 saturated carbocycles. The molecule has 0 aliphatic heterocycles. The molecule has 6 nitrogen and oxygen atoms in total. The van der Waals surface area contributed by atoms with Gasteiger partial charge >= 0.3 is 0 Å². The van der Waals surface area contributed by atoms with E-state index in [-0.39, 0.29) is 11.4 Å². The molecule has 3 rings (SSSR count). The van der Waals surface area contributed by atoms with Crippen LogP contribution in [0.25, 0.3) is 11.5 Å². The van der Waals surface area contributed by atoms with E-state index >= 15 is 0 Å². The Labute approximate surface area is 144 Å². The van der Waals surface area contributed by atoms with E-state index in [1.165, 1.54) is 11.8 Å². The summed E-state index contributed by atoms with van der Waals surface area (Å²) in [5, 5.41) is 8.35. The van der Waals surface area contributed by atoms with Crippen molar-refractivity contribution in [2.75, 3.05) is 12.3 Å². The van der Waals surface area contributed by atoms with E-state index in [1.54, 1.807) is 30.3 Å². The van der Waals surface area contributed by atoms with Crippen LogP contribution in [0.2, 0.25) is 0 Å². The van der Waals surface area contributed by atoms with Crippen LogP contribution in [0.3, 0.4) is 0 Å². The Bertz CT molecular complexity index is 881. The van der Waals surface area contributed by atoms with Gasteiger partial charge in [-0.1, -0.05) is 48.2 Å². The summed E-state index contributed by atoms with van der Waals surface area (Å²) in [6.07, 6.45) is 0. The summed E-state index contributed by atoms with van der Waals surface area (Å²) in [5.41, 5.74) is 0.849. The maximum absolute atomic E-state index is 12.1. The average Bonchev–Trinajstić information content (AvgIpc) is 3.09. The quantitative estimate of drug-likeness (QED) is 0.514. The molecule has 0 fully saturated rings. The number of hydrogen-bond donors (Lipinski definition) is 1. The minimum Gasteiger partial charge on any atom is -0.411 e. The molecule has 1 aromatic heterocycles. The summed E-state index contributed by atoms with van der Waals surface area (Å²) in [4.78, 5) is 0.249. The van der Waals surface area contributed by atoms with Gasteiger partial charge in [0, 0.05) is 17.9 Å². The number of benzene rings is 2. The van der Waals surface area contributed by atoms with Crippen LogP contribution in [-0.4, -0.2) is 30.9 Å². The minimum absolute atomic E-state index is 0.249. The van der Waals surface area contributed by atoms with Crippen molar-refractivity contribution in [2.24, 2.45) is 0 Å². The molecule has 1 N–H and O–H groups in total. The third-order valence-electron chi connectivity index (χ3n) is 3.10. The molecule has 1 heterocycles. The number of hydrogen-bond acceptors (Lipinski definition) is 6. The van der Waals surface area contributed by atoms with Gasteiger partial charge in [0.25, 0.3) is 5.22 Å². The number of sulfonamides is 1. The lowest BCUT2D eigenvalue weighted by molar-refractivity contribution is 0.466. The van der Waals surface area contributed by atoms with Gasteiger partial charge in [-0.25, -0.2) is 13.1 Å². The smallest absolute Gasteiger partial charge is 0.276 e. The van der Waals surface area contributed by atoms with E-state index in [0.717, 1.165) is 5.56 Å². The number of nitrogens with zero attached hydrogens (tertiary/aromatic N) is 2. The van der Waals surface area contributed by atoms with Crippen molar-refractivity contribution in [3.63, 3.8) is 0 Å². The monoisotopic (exact) mass is 361 g/mol. The van der Waals surface area contributed by atoms with Gasteiger partial charge in [-0.05, 0) is 24.3 Å². The van der Waals surface area contributed by atoms with Crippen LogP contribution >= 0.6 is 11.8 Å². The third-order valence-corrected chi connectivity index (χ3v) is 5.40. The molecule has 8 heteroatoms. The molecule has 0 aliphatic carbocycles. The summed E-state index contributed by atoms with van der Waals surface area (Å²) in [7, 11) is -3.48. The molecule has 0 bridgehead atoms. The van der Waals surface area contributed by atoms with Crippen molar-refractivity contribution < 1.29 is 12.8 Å². The Morgan fingerprint density at radius 1 is 0.958 bits per heavy atom. The molecule has 0 aliphatic rings. The first-order valence-electron chi connectivity index (χ1n) is 7.21. The lowest BCUT2D eigenvalue weighted by atomic mass is 10.2. The summed E-state index contributed by atoms with van der Waals surface area (Å²) in [6.45, 7) is 0.269. The normalized spacial score (nSPS) is 11.5. The van der Waals surface area contributed by atoms with E-state index < -0.39 is 10.0 Å². The largest absolute Gasteiger partial charge is 0.411 e. The maximum atomic E-state index is 12.1. The van der Waals surface area contributed by atoms with Crippen LogP contribution < -0.4 is 4.72 Å². The molecular weight excluding hydrogens is 346 g/mol. The van der Waals surface area contributed by atoms with Crippen molar-refractivity contribution in [1.82, 2.24) is 14.9 Å². The van der Waals surface area contributed by atoms with Crippen molar-refractivity contribution in [2.45, 2.75) is 10.1 Å². The summed E-state index contributed by atoms with van der Waals surface area (Å²) in [6, 6.07) is 17.7. The van der Waals surface area contributed by atoms with E-state index in [2.05, 4.69) is 14.9 Å². The third kappa shape index (κ3) is 4.22. The van der Waals surface area contributed by atoms with Crippen LogP contribution in [0.1, 0.15) is 0 Å². The van der Waals surface area contributed by atoms with E-state index in [4.69, 9.17) is 4.42 Å². The molecule has 124 valence electrons. The van der Waals surface area contributed by atoms with Crippen LogP contribution in [0, 0.1) is 0 Å². The molecule has 0 saturated heterocycles. The highest BCUT2D eigenvalue weighted by Gasteiger charge is 2.13. The zero-order valence-electron chi connectivity index (χ0n) is 12.6. The van der Waals surface area contributed by atoms with Crippen molar-refractivity contribution >= 4 is 21.8 Å². The van der Waals surface area contributed by atoms with Crippen molar-refractivity contribution in [1.29, 1.82) is 0 Å². The molecular formula is C16H15N3O3S2. The van der Waals surface area contributed by atoms with E-state index in [1.807, 2.05) is 30.3 Å². The van der Waals surface area contributed by atoms with Crippen molar-refractivity contribution in [3.05, 3.63) is 60.7 Å². The Hall–Kier alpha value is -2.16. The number of aromatic nitrogens is 2. The molecule has 0 unspecified atom stereocenters. The Morgan fingerprint density at radius 2 is 1.62 bits per heavy atom. The number of rotatable bonds is 7. The SMILES string of the molecule is O=S(=O)(NCCSc1nnc(-c2ccccc2)o1)c1ccccc1. The first kappa shape index (κ1) is 16.7.